The third-order valence-corrected chi connectivity index (χ3v) is 8.05. The standard InChI is InChI=1S/C26H24N4O4S/c1-29(17-24-27-23-12-5-4-11-22(23)25(31)28-24)26(32)19-9-6-10-21(15-19)35(33,34)30-14-13-18-7-2-3-8-20(18)16-30/h2-12,15H,13-14,16-17H2,1H3,(H,27,28,31). The highest BCUT2D eigenvalue weighted by molar-refractivity contribution is 7.89. The van der Waals surface area contributed by atoms with Crippen LogP contribution in [0.25, 0.3) is 10.9 Å². The van der Waals surface area contributed by atoms with E-state index < -0.39 is 10.0 Å². The quantitative estimate of drug-likeness (QED) is 0.465. The lowest BCUT2D eigenvalue weighted by atomic mass is 10.0. The summed E-state index contributed by atoms with van der Waals surface area (Å²) >= 11 is 0. The number of hydrogen-bond donors (Lipinski definition) is 1. The van der Waals surface area contributed by atoms with E-state index >= 15 is 0 Å². The monoisotopic (exact) mass is 488 g/mol. The first-order valence-corrected chi connectivity index (χ1v) is 12.7. The molecule has 5 rings (SSSR count). The fraction of sp³-hybridized carbons (Fsp3) is 0.192. The molecule has 0 atom stereocenters. The second kappa shape index (κ2) is 9.09. The van der Waals surface area contributed by atoms with Crippen LogP contribution in [-0.2, 0) is 29.5 Å². The van der Waals surface area contributed by atoms with Gasteiger partial charge in [-0.15, -0.1) is 0 Å². The Hall–Kier alpha value is -3.82. The van der Waals surface area contributed by atoms with Crippen molar-refractivity contribution in [2.24, 2.45) is 0 Å². The SMILES string of the molecule is CN(Cc1nc2ccccc2c(=O)[nH]1)C(=O)c1cccc(S(=O)(=O)N2CCc3ccccc3C2)c1. The number of amides is 1. The lowest BCUT2D eigenvalue weighted by molar-refractivity contribution is 0.0781. The van der Waals surface area contributed by atoms with Gasteiger partial charge in [-0.25, -0.2) is 13.4 Å². The van der Waals surface area contributed by atoms with Crippen molar-refractivity contribution in [1.29, 1.82) is 0 Å². The number of benzene rings is 3. The maximum absolute atomic E-state index is 13.3. The van der Waals surface area contributed by atoms with Gasteiger partial charge in [0.25, 0.3) is 11.5 Å². The summed E-state index contributed by atoms with van der Waals surface area (Å²) in [7, 11) is -2.19. The highest BCUT2D eigenvalue weighted by Gasteiger charge is 2.29. The summed E-state index contributed by atoms with van der Waals surface area (Å²) in [5.41, 5.74) is 2.66. The van der Waals surface area contributed by atoms with E-state index in [1.54, 1.807) is 43.4 Å². The van der Waals surface area contributed by atoms with E-state index in [1.165, 1.54) is 21.3 Å². The molecule has 0 fully saturated rings. The Morgan fingerprint density at radius 1 is 1.03 bits per heavy atom. The van der Waals surface area contributed by atoms with Gasteiger partial charge in [-0.05, 0) is 47.9 Å². The Morgan fingerprint density at radius 3 is 2.60 bits per heavy atom. The Labute approximate surface area is 202 Å². The number of H-pyrrole nitrogens is 1. The molecule has 1 N–H and O–H groups in total. The van der Waals surface area contributed by atoms with Crippen LogP contribution in [0.5, 0.6) is 0 Å². The molecule has 2 heterocycles. The van der Waals surface area contributed by atoms with Gasteiger partial charge in [-0.1, -0.05) is 42.5 Å². The van der Waals surface area contributed by atoms with Crippen molar-refractivity contribution in [1.82, 2.24) is 19.2 Å². The van der Waals surface area contributed by atoms with Crippen LogP contribution in [0.4, 0.5) is 0 Å². The van der Waals surface area contributed by atoms with E-state index in [0.29, 0.717) is 36.2 Å². The van der Waals surface area contributed by atoms with Gasteiger partial charge in [-0.2, -0.15) is 4.31 Å². The summed E-state index contributed by atoms with van der Waals surface area (Å²) in [4.78, 5) is 34.1. The van der Waals surface area contributed by atoms with Crippen molar-refractivity contribution in [3.05, 3.63) is 106 Å². The molecule has 9 heteroatoms. The van der Waals surface area contributed by atoms with E-state index in [-0.39, 0.29) is 28.5 Å². The average Bonchev–Trinajstić information content (AvgIpc) is 2.88. The molecule has 8 nitrogen and oxygen atoms in total. The zero-order valence-corrected chi connectivity index (χ0v) is 20.0. The van der Waals surface area contributed by atoms with Gasteiger partial charge < -0.3 is 9.88 Å². The maximum Gasteiger partial charge on any atom is 0.258 e. The number of para-hydroxylation sites is 1. The molecule has 0 unspecified atom stereocenters. The predicted molar refractivity (Wildman–Crippen MR) is 132 cm³/mol. The zero-order chi connectivity index (χ0) is 24.6. The number of aromatic nitrogens is 2. The van der Waals surface area contributed by atoms with Gasteiger partial charge in [-0.3, -0.25) is 9.59 Å². The second-order valence-corrected chi connectivity index (χ2v) is 10.5. The van der Waals surface area contributed by atoms with Gasteiger partial charge >= 0.3 is 0 Å². The molecule has 178 valence electrons. The Balaban J connectivity index is 1.36. The zero-order valence-electron chi connectivity index (χ0n) is 19.1. The van der Waals surface area contributed by atoms with Crippen LogP contribution in [0.1, 0.15) is 27.3 Å². The minimum atomic E-state index is -3.77. The normalized spacial score (nSPS) is 14.0. The lowest BCUT2D eigenvalue weighted by Crippen LogP contribution is -2.36. The minimum absolute atomic E-state index is 0.0682. The van der Waals surface area contributed by atoms with Crippen LogP contribution in [0.3, 0.4) is 0 Å². The number of carbonyl (C=O) groups is 1. The maximum atomic E-state index is 13.3. The van der Waals surface area contributed by atoms with Crippen LogP contribution < -0.4 is 5.56 Å². The molecule has 0 saturated carbocycles. The van der Waals surface area contributed by atoms with Gasteiger partial charge in [0.1, 0.15) is 5.82 Å². The van der Waals surface area contributed by atoms with E-state index in [9.17, 15) is 18.0 Å². The van der Waals surface area contributed by atoms with Crippen molar-refractivity contribution in [2.45, 2.75) is 24.4 Å². The van der Waals surface area contributed by atoms with Gasteiger partial charge in [0.15, 0.2) is 0 Å². The van der Waals surface area contributed by atoms with Crippen LogP contribution in [0.15, 0.2) is 82.5 Å². The predicted octanol–water partition coefficient (Wildman–Crippen LogP) is 2.94. The molecule has 3 aromatic carbocycles. The molecule has 1 aliphatic rings. The van der Waals surface area contributed by atoms with Crippen LogP contribution in [-0.4, -0.2) is 47.1 Å². The van der Waals surface area contributed by atoms with Crippen molar-refractivity contribution in [3.63, 3.8) is 0 Å². The molecule has 0 radical (unpaired) electrons. The molecular formula is C26H24N4O4S. The van der Waals surface area contributed by atoms with Gasteiger partial charge in [0.2, 0.25) is 10.0 Å². The summed E-state index contributed by atoms with van der Waals surface area (Å²) in [6.45, 7) is 0.759. The summed E-state index contributed by atoms with van der Waals surface area (Å²) in [6, 6.07) is 20.9. The molecule has 35 heavy (non-hydrogen) atoms. The number of rotatable bonds is 5. The number of aromatic amines is 1. The number of fused-ring (bicyclic) bond motifs is 2. The molecule has 4 aromatic rings. The fourth-order valence-electron chi connectivity index (χ4n) is 4.34. The highest BCUT2D eigenvalue weighted by Crippen LogP contribution is 2.25. The smallest absolute Gasteiger partial charge is 0.258 e. The van der Waals surface area contributed by atoms with Gasteiger partial charge in [0, 0.05) is 25.7 Å². The number of hydrogen-bond acceptors (Lipinski definition) is 5. The summed E-state index contributed by atoms with van der Waals surface area (Å²) < 4.78 is 28.1. The molecule has 1 aromatic heterocycles. The minimum Gasteiger partial charge on any atom is -0.334 e. The Morgan fingerprint density at radius 2 is 1.77 bits per heavy atom. The van der Waals surface area contributed by atoms with Crippen molar-refractivity contribution >= 4 is 26.8 Å². The van der Waals surface area contributed by atoms with Crippen LogP contribution >= 0.6 is 0 Å². The van der Waals surface area contributed by atoms with Crippen LogP contribution in [0, 0.1) is 0 Å². The van der Waals surface area contributed by atoms with E-state index in [2.05, 4.69) is 9.97 Å². The molecule has 1 aliphatic heterocycles. The van der Waals surface area contributed by atoms with Crippen molar-refractivity contribution < 1.29 is 13.2 Å². The van der Waals surface area contributed by atoms with Gasteiger partial charge in [0.05, 0.1) is 22.3 Å². The van der Waals surface area contributed by atoms with E-state index in [0.717, 1.165) is 11.1 Å². The Kier molecular flexibility index (Phi) is 5.96. The number of nitrogens with one attached hydrogen (secondary N) is 1. The molecule has 0 aliphatic carbocycles. The molecular weight excluding hydrogens is 464 g/mol. The fourth-order valence-corrected chi connectivity index (χ4v) is 5.81. The summed E-state index contributed by atoms with van der Waals surface area (Å²) in [5, 5.41) is 0.475. The summed E-state index contributed by atoms with van der Waals surface area (Å²) in [6.07, 6.45) is 0.647. The van der Waals surface area contributed by atoms with E-state index in [1.807, 2.05) is 24.3 Å². The molecule has 0 spiro atoms. The number of carbonyl (C=O) groups excluding carboxylic acids is 1. The number of nitrogens with zero attached hydrogens (tertiary/aromatic N) is 3. The first-order chi connectivity index (χ1) is 16.8. The third kappa shape index (κ3) is 4.48. The molecule has 0 saturated heterocycles. The molecule has 1 amide bonds. The first kappa shape index (κ1) is 22.9. The Bertz CT molecular complexity index is 1600. The third-order valence-electron chi connectivity index (χ3n) is 6.21. The summed E-state index contributed by atoms with van der Waals surface area (Å²) in [5.74, 6) is -0.0258. The molecule has 0 bridgehead atoms. The van der Waals surface area contributed by atoms with E-state index in [4.69, 9.17) is 0 Å². The topological polar surface area (TPSA) is 103 Å². The first-order valence-electron chi connectivity index (χ1n) is 11.2. The lowest BCUT2D eigenvalue weighted by Gasteiger charge is -2.28. The average molecular weight is 489 g/mol. The van der Waals surface area contributed by atoms with Crippen molar-refractivity contribution in [3.8, 4) is 0 Å². The number of sulfonamides is 1. The second-order valence-electron chi connectivity index (χ2n) is 8.58. The largest absolute Gasteiger partial charge is 0.334 e. The van der Waals surface area contributed by atoms with Crippen LogP contribution in [0.2, 0.25) is 0 Å². The van der Waals surface area contributed by atoms with Crippen molar-refractivity contribution in [2.75, 3.05) is 13.6 Å². The highest BCUT2D eigenvalue weighted by atomic mass is 32.2.